The molecule has 1 aliphatic heterocycles. The predicted octanol–water partition coefficient (Wildman–Crippen LogP) is 3.27. The number of carbonyl (C=O) groups excluding carboxylic acids is 2. The molecule has 0 radical (unpaired) electrons. The lowest BCUT2D eigenvalue weighted by atomic mass is 10.1. The number of nitrogens with one attached hydrogen (secondary N) is 2. The van der Waals surface area contributed by atoms with Crippen LogP contribution in [0.3, 0.4) is 0 Å². The van der Waals surface area contributed by atoms with Gasteiger partial charge < -0.3 is 35.7 Å². The number of pyridine rings is 2. The third kappa shape index (κ3) is 8.31. The van der Waals surface area contributed by atoms with Crippen molar-refractivity contribution in [3.8, 4) is 5.75 Å². The molecule has 4 N–H and O–H groups in total. The number of anilines is 3. The molecule has 1 aromatic carbocycles. The first-order chi connectivity index (χ1) is 22.5. The van der Waals surface area contributed by atoms with Crippen molar-refractivity contribution in [2.75, 3.05) is 37.8 Å². The zero-order valence-electron chi connectivity index (χ0n) is 25.4. The summed E-state index contributed by atoms with van der Waals surface area (Å²) < 4.78 is 20.6. The summed E-state index contributed by atoms with van der Waals surface area (Å²) in [5, 5.41) is 17.7. The Labute approximate surface area is 267 Å². The lowest BCUT2D eigenvalue weighted by Crippen LogP contribution is -2.41. The number of nitrogens with zero attached hydrogens (tertiary/aromatic N) is 7. The van der Waals surface area contributed by atoms with Crippen molar-refractivity contribution in [3.05, 3.63) is 106 Å². The maximum absolute atomic E-state index is 14.8. The van der Waals surface area contributed by atoms with Crippen molar-refractivity contribution in [1.29, 1.82) is 0 Å². The van der Waals surface area contributed by atoms with Crippen LogP contribution in [0.25, 0.3) is 10.9 Å². The Morgan fingerprint density at radius 2 is 1.98 bits per heavy atom. The van der Waals surface area contributed by atoms with Crippen LogP contribution < -0.4 is 21.1 Å². The van der Waals surface area contributed by atoms with Gasteiger partial charge in [-0.25, -0.2) is 19.3 Å². The number of carbonyl (C=O) groups is 2. The van der Waals surface area contributed by atoms with E-state index >= 15 is 0 Å². The zero-order chi connectivity index (χ0) is 33.6. The summed E-state index contributed by atoms with van der Waals surface area (Å²) in [5.41, 5.74) is 7.15. The van der Waals surface area contributed by atoms with E-state index < -0.39 is 22.6 Å². The number of hydrogen-bond acceptors (Lipinski definition) is 11. The van der Waals surface area contributed by atoms with E-state index in [0.29, 0.717) is 40.2 Å². The topological polar surface area (TPSA) is 201 Å². The van der Waals surface area contributed by atoms with Crippen LogP contribution in [-0.2, 0) is 16.2 Å². The second-order valence-corrected chi connectivity index (χ2v) is 11.1. The number of hydrogen-bond donors (Lipinski definition) is 3. The Morgan fingerprint density at radius 3 is 2.70 bits per heavy atom. The van der Waals surface area contributed by atoms with Crippen molar-refractivity contribution < 1.29 is 28.1 Å². The number of rotatable bonds is 13. The van der Waals surface area contributed by atoms with Crippen LogP contribution in [0.4, 0.5) is 21.7 Å². The summed E-state index contributed by atoms with van der Waals surface area (Å²) in [4.78, 5) is 55.6. The Morgan fingerprint density at radius 1 is 1.15 bits per heavy atom. The highest BCUT2D eigenvalue weighted by Crippen LogP contribution is 2.28. The molecule has 0 fully saturated rings. The largest absolute Gasteiger partial charge is 0.484 e. The van der Waals surface area contributed by atoms with E-state index in [4.69, 9.17) is 10.5 Å². The molecule has 3 aromatic heterocycles. The second kappa shape index (κ2) is 13.9. The molecule has 4 heterocycles. The van der Waals surface area contributed by atoms with Gasteiger partial charge in [0.25, 0.3) is 5.91 Å². The van der Waals surface area contributed by atoms with Gasteiger partial charge in [0.2, 0.25) is 11.6 Å². The molecule has 47 heavy (non-hydrogen) atoms. The molecule has 4 aromatic rings. The molecule has 2 amide bonds. The molecule has 0 saturated heterocycles. The number of fused-ring (bicyclic) bond motifs is 1. The highest BCUT2D eigenvalue weighted by molar-refractivity contribution is 6.39. The van der Waals surface area contributed by atoms with Crippen LogP contribution in [0.2, 0.25) is 0 Å². The Kier molecular flexibility index (Phi) is 9.51. The number of nitrogens with two attached hydrogens (primary N) is 1. The van der Waals surface area contributed by atoms with Crippen LogP contribution >= 0.6 is 0 Å². The van der Waals surface area contributed by atoms with Gasteiger partial charge in [-0.1, -0.05) is 6.07 Å². The smallest absolute Gasteiger partial charge is 0.369 e. The minimum Gasteiger partial charge on any atom is -0.484 e. The predicted molar refractivity (Wildman–Crippen MR) is 170 cm³/mol. The Hall–Kier alpha value is -6.16. The van der Waals surface area contributed by atoms with E-state index in [1.54, 1.807) is 36.5 Å². The van der Waals surface area contributed by atoms with Gasteiger partial charge in [-0.3, -0.25) is 14.6 Å². The van der Waals surface area contributed by atoms with E-state index in [2.05, 4.69) is 35.6 Å². The normalized spacial score (nSPS) is 13.1. The Bertz CT molecular complexity index is 1950. The number of ether oxygens (including phenoxy) is 1. The van der Waals surface area contributed by atoms with Crippen molar-refractivity contribution in [1.82, 2.24) is 19.9 Å². The molecule has 5 rings (SSSR count). The molecule has 0 unspecified atom stereocenters. The van der Waals surface area contributed by atoms with Crippen molar-refractivity contribution in [2.45, 2.75) is 13.0 Å². The van der Waals surface area contributed by atoms with Gasteiger partial charge in [0, 0.05) is 29.4 Å². The second-order valence-electron chi connectivity index (χ2n) is 11.1. The minimum atomic E-state index is -0.802. The van der Waals surface area contributed by atoms with Crippen LogP contribution in [0.5, 0.6) is 5.75 Å². The average molecular weight is 642 g/mol. The van der Waals surface area contributed by atoms with Gasteiger partial charge in [-0.05, 0) is 46.3 Å². The molecule has 0 aliphatic carbocycles. The highest BCUT2D eigenvalue weighted by Gasteiger charge is 2.35. The number of primary amides is 1. The highest BCUT2D eigenvalue weighted by atomic mass is 19.1. The fourth-order valence-corrected chi connectivity index (χ4v) is 4.76. The first-order valence-electron chi connectivity index (χ1n) is 14.2. The number of nitro groups is 1. The standard InChI is InChI=1S/C31H29FN10O5/c1-42(2,16-19-12-24(29(33)44)39-31(19)41(45)46)11-5-7-28(43)40-27-14-22-25(15-35-27)36-18-37-30(22)38-20-8-9-26(23(32)13-20)47-17-21-6-3-4-10-34-21/h3-10,13-15,18H,11-12,16-17H2,1-2H3,(H3-,33,35,36,37,38,39,40,43,44)/p+1/b7-5+. The van der Waals surface area contributed by atoms with E-state index in [1.165, 1.54) is 30.7 Å². The van der Waals surface area contributed by atoms with Crippen LogP contribution in [0, 0.1) is 15.9 Å². The minimum absolute atomic E-state index is 0.00700. The summed E-state index contributed by atoms with van der Waals surface area (Å²) in [7, 11) is 3.65. The summed E-state index contributed by atoms with van der Waals surface area (Å²) in [6, 6.07) is 11.4. The van der Waals surface area contributed by atoms with Crippen LogP contribution in [0.1, 0.15) is 12.1 Å². The third-order valence-electron chi connectivity index (χ3n) is 6.95. The molecule has 0 atom stereocenters. The zero-order valence-corrected chi connectivity index (χ0v) is 25.4. The number of aliphatic imine (C=N–C) groups is 1. The fraction of sp³-hybridized carbons (Fsp3) is 0.194. The van der Waals surface area contributed by atoms with Crippen LogP contribution in [0.15, 0.2) is 89.7 Å². The quantitative estimate of drug-likeness (QED) is 0.0842. The molecular formula is C31H30FN10O5+. The molecule has 0 bridgehead atoms. The molecule has 1 aliphatic rings. The van der Waals surface area contributed by atoms with Gasteiger partial charge in [0.05, 0.1) is 50.0 Å². The first kappa shape index (κ1) is 32.2. The van der Waals surface area contributed by atoms with Crippen molar-refractivity contribution >= 4 is 45.8 Å². The molecular weight excluding hydrogens is 611 g/mol. The van der Waals surface area contributed by atoms with E-state index in [0.717, 1.165) is 0 Å². The molecule has 15 nitrogen and oxygen atoms in total. The molecule has 0 spiro atoms. The maximum atomic E-state index is 14.8. The average Bonchev–Trinajstić information content (AvgIpc) is 3.45. The van der Waals surface area contributed by atoms with Gasteiger partial charge in [-0.15, -0.1) is 0 Å². The van der Waals surface area contributed by atoms with Crippen LogP contribution in [-0.4, -0.2) is 74.1 Å². The van der Waals surface area contributed by atoms with Crippen molar-refractivity contribution in [3.63, 3.8) is 0 Å². The number of halogens is 1. The summed E-state index contributed by atoms with van der Waals surface area (Å²) >= 11 is 0. The first-order valence-corrected chi connectivity index (χ1v) is 14.2. The fourth-order valence-electron chi connectivity index (χ4n) is 4.76. The summed E-state index contributed by atoms with van der Waals surface area (Å²) in [5.74, 6) is -1.55. The van der Waals surface area contributed by atoms with Gasteiger partial charge in [0.1, 0.15) is 31.1 Å². The third-order valence-corrected chi connectivity index (χ3v) is 6.95. The molecule has 0 saturated carbocycles. The van der Waals surface area contributed by atoms with Crippen molar-refractivity contribution in [2.24, 2.45) is 10.7 Å². The van der Waals surface area contributed by atoms with E-state index in [9.17, 15) is 24.1 Å². The lowest BCUT2D eigenvalue weighted by Gasteiger charge is -2.28. The summed E-state index contributed by atoms with van der Waals surface area (Å²) in [6.07, 6.45) is 7.41. The van der Waals surface area contributed by atoms with Gasteiger partial charge in [-0.2, -0.15) is 0 Å². The van der Waals surface area contributed by atoms with E-state index in [-0.39, 0.29) is 47.2 Å². The maximum Gasteiger partial charge on any atom is 0.369 e. The molecule has 240 valence electrons. The van der Waals surface area contributed by atoms with Gasteiger partial charge in [0.15, 0.2) is 11.6 Å². The van der Waals surface area contributed by atoms with E-state index in [1.807, 2.05) is 20.2 Å². The van der Waals surface area contributed by atoms with Gasteiger partial charge >= 0.3 is 5.82 Å². The molecule has 16 heteroatoms. The monoisotopic (exact) mass is 641 g/mol. The number of amides is 2. The Balaban J connectivity index is 1.21. The number of benzene rings is 1. The summed E-state index contributed by atoms with van der Waals surface area (Å²) in [6.45, 7) is 0.673. The number of quaternary nitrogens is 1. The lowest BCUT2D eigenvalue weighted by molar-refractivity contribution is -0.880. The SMILES string of the molecule is C[N+](C)(C/C=C/C(=O)Nc1cc2c(Nc3ccc(OCc4ccccn4)c(F)c3)ncnc2cn1)CC1=C([N+](=O)[O-])N=C(C(N)=O)C1. The number of aromatic nitrogens is 4. The number of likely N-dealkylation sites (N-methyl/N-ethyl adjacent to an activating group) is 1.